The number of nitrogens with zero attached hydrogens (tertiary/aromatic N) is 3. The number of carbonyl (C=O) groups excluding carboxylic acids is 1. The van der Waals surface area contributed by atoms with Crippen molar-refractivity contribution in [1.82, 2.24) is 9.88 Å². The molecule has 0 unspecified atom stereocenters. The minimum Gasteiger partial charge on any atom is -0.497 e. The summed E-state index contributed by atoms with van der Waals surface area (Å²) in [5.41, 5.74) is 6.34. The van der Waals surface area contributed by atoms with Gasteiger partial charge < -0.3 is 38.9 Å². The summed E-state index contributed by atoms with van der Waals surface area (Å²) in [7, 11) is 1.63. The fourth-order valence-corrected chi connectivity index (χ4v) is 10.1. The van der Waals surface area contributed by atoms with Gasteiger partial charge in [0.2, 0.25) is 11.7 Å². The van der Waals surface area contributed by atoms with Crippen molar-refractivity contribution in [3.63, 3.8) is 0 Å². The number of carbonyl (C=O) groups is 1. The second-order valence-corrected chi connectivity index (χ2v) is 17.2. The molecule has 0 radical (unpaired) electrons. The highest BCUT2D eigenvalue weighted by Crippen LogP contribution is 2.62. The Balaban J connectivity index is 1.41. The number of aliphatic hydroxyl groups excluding tert-OH is 2. The van der Waals surface area contributed by atoms with E-state index in [2.05, 4.69) is 30.6 Å². The number of unbranched alkanes of at least 4 members (excludes halogenated alkanes) is 2. The second-order valence-electron chi connectivity index (χ2n) is 17.2. The molecule has 0 bridgehead atoms. The number of aliphatic hydroxyl groups is 2. The monoisotopic (exact) mass is 871 g/mol. The summed E-state index contributed by atoms with van der Waals surface area (Å²) in [6, 6.07) is 29.0. The summed E-state index contributed by atoms with van der Waals surface area (Å²) in [6.07, 6.45) is 10.0. The Kier molecular flexibility index (Phi) is 16.3. The van der Waals surface area contributed by atoms with E-state index < -0.39 is 17.7 Å². The number of pyridine rings is 1. The zero-order chi connectivity index (χ0) is 44.9. The number of hydrogen-bond acceptors (Lipinski definition) is 10. The molecule has 7 rings (SSSR count). The molecular formula is C53H65N3O8. The first-order chi connectivity index (χ1) is 31.3. The molecule has 1 saturated carbocycles. The van der Waals surface area contributed by atoms with Gasteiger partial charge in [0.15, 0.2) is 0 Å². The van der Waals surface area contributed by atoms with E-state index in [-0.39, 0.29) is 56.5 Å². The molecule has 1 fully saturated rings. The number of hydrogen-bond donors (Lipinski definition) is 2. The summed E-state index contributed by atoms with van der Waals surface area (Å²) in [6.45, 7) is 9.58. The number of aryl methyl sites for hydroxylation is 1. The summed E-state index contributed by atoms with van der Waals surface area (Å²) >= 11 is 0. The van der Waals surface area contributed by atoms with Gasteiger partial charge >= 0.3 is 0 Å². The molecule has 1 aliphatic heterocycles. The van der Waals surface area contributed by atoms with Crippen molar-refractivity contribution in [2.24, 2.45) is 22.9 Å². The van der Waals surface area contributed by atoms with E-state index in [1.165, 1.54) is 0 Å². The minimum atomic E-state index is -1.35. The van der Waals surface area contributed by atoms with Crippen LogP contribution >= 0.6 is 0 Å². The average Bonchev–Trinajstić information content (AvgIpc) is 3.31. The van der Waals surface area contributed by atoms with E-state index in [0.29, 0.717) is 56.1 Å². The smallest absolute Gasteiger partial charge is 0.239 e. The third-order valence-corrected chi connectivity index (χ3v) is 12.9. The van der Waals surface area contributed by atoms with E-state index in [0.717, 1.165) is 65.0 Å². The van der Waals surface area contributed by atoms with E-state index in [1.807, 2.05) is 96.8 Å². The van der Waals surface area contributed by atoms with Gasteiger partial charge in [-0.1, -0.05) is 85.6 Å². The van der Waals surface area contributed by atoms with E-state index >= 15 is 0 Å². The lowest BCUT2D eigenvalue weighted by Crippen LogP contribution is -2.70. The first-order valence-electron chi connectivity index (χ1n) is 23.0. The molecule has 64 heavy (non-hydrogen) atoms. The molecule has 340 valence electrons. The number of amides is 1. The minimum absolute atomic E-state index is 0.0599. The number of oxime groups is 1. The molecule has 3 aromatic carbocycles. The lowest BCUT2D eigenvalue weighted by molar-refractivity contribution is -0.257. The van der Waals surface area contributed by atoms with Gasteiger partial charge in [0.05, 0.1) is 37.5 Å². The SMILES string of the molecule is C=CCO[C@@]12Oc3ccc(OCc4cccc(C)n4)cc3[C@H]3[C@H](CCCCO)[C@@H](CCCCO)C=C(C(=NOCc4ccccc4)C[C@@H]1N(CCC)C(=O)Cc1cccc(OC)c1)[C@H]32. The maximum Gasteiger partial charge on any atom is 0.239 e. The molecule has 11 heteroatoms. The number of benzene rings is 3. The predicted molar refractivity (Wildman–Crippen MR) is 248 cm³/mol. The van der Waals surface area contributed by atoms with Crippen molar-refractivity contribution < 1.29 is 38.8 Å². The topological polar surface area (TPSA) is 132 Å². The van der Waals surface area contributed by atoms with Crippen LogP contribution in [0.5, 0.6) is 17.2 Å². The Morgan fingerprint density at radius 2 is 1.72 bits per heavy atom. The third kappa shape index (κ3) is 10.7. The van der Waals surface area contributed by atoms with Crippen molar-refractivity contribution in [3.05, 3.63) is 143 Å². The Morgan fingerprint density at radius 3 is 2.47 bits per heavy atom. The fourth-order valence-electron chi connectivity index (χ4n) is 10.1. The maximum atomic E-state index is 15.0. The van der Waals surface area contributed by atoms with Gasteiger partial charge in [0.1, 0.15) is 36.5 Å². The first kappa shape index (κ1) is 46.5. The normalized spacial score (nSPS) is 22.7. The van der Waals surface area contributed by atoms with Crippen LogP contribution in [0.2, 0.25) is 0 Å². The Morgan fingerprint density at radius 1 is 0.938 bits per heavy atom. The van der Waals surface area contributed by atoms with Gasteiger partial charge in [0, 0.05) is 43.4 Å². The molecule has 2 heterocycles. The fraction of sp³-hybridized carbons (Fsp3) is 0.453. The van der Waals surface area contributed by atoms with Crippen LogP contribution in [-0.2, 0) is 34.0 Å². The van der Waals surface area contributed by atoms with Gasteiger partial charge in [-0.25, -0.2) is 0 Å². The maximum absolute atomic E-state index is 15.0. The van der Waals surface area contributed by atoms with Gasteiger partial charge in [0.25, 0.3) is 0 Å². The quantitative estimate of drug-likeness (QED) is 0.0425. The molecule has 0 spiro atoms. The molecule has 1 aromatic heterocycles. The van der Waals surface area contributed by atoms with Crippen molar-refractivity contribution in [1.29, 1.82) is 0 Å². The second kappa shape index (κ2) is 22.4. The average molecular weight is 872 g/mol. The van der Waals surface area contributed by atoms with Gasteiger partial charge in [-0.2, -0.15) is 0 Å². The molecule has 4 aromatic rings. The lowest BCUT2D eigenvalue weighted by Gasteiger charge is -2.60. The van der Waals surface area contributed by atoms with Crippen molar-refractivity contribution in [3.8, 4) is 17.2 Å². The number of aromatic nitrogens is 1. The van der Waals surface area contributed by atoms with Crippen LogP contribution in [0.25, 0.3) is 0 Å². The van der Waals surface area contributed by atoms with Crippen LogP contribution in [-0.4, -0.2) is 77.0 Å². The summed E-state index contributed by atoms with van der Waals surface area (Å²) in [5.74, 6) is 0.227. The van der Waals surface area contributed by atoms with Gasteiger partial charge in [-0.15, -0.1) is 6.58 Å². The highest BCUT2D eigenvalue weighted by molar-refractivity contribution is 6.03. The number of allylic oxidation sites excluding steroid dienone is 1. The molecule has 11 nitrogen and oxygen atoms in total. The lowest BCUT2D eigenvalue weighted by atomic mass is 9.55. The zero-order valence-electron chi connectivity index (χ0n) is 37.7. The number of rotatable bonds is 23. The molecule has 2 aliphatic carbocycles. The van der Waals surface area contributed by atoms with Crippen LogP contribution in [0.3, 0.4) is 0 Å². The standard InChI is InChI=1S/C53H65N3O8/c1-5-26-56(50(59)31-39-19-15-22-42(30-39)60-4)49-34-47(55-63-35-38-17-8-7-9-18-38)45-32-40(20-10-12-27-57)44(23-11-13-28-58)51-46-33-43(61-36-41-21-14-16-37(3)54-41)24-25-48(46)64-53(49,52(45)51)62-29-6-2/h6-9,14-19,21-22,24-25,30,32-33,40,44,49,51-52,57-58H,2,5,10-13,20,23,26-29,31,34-36H2,1,3-4H3/t40-,44+,49-,51+,52+,53+/m0/s1. The molecule has 3 aliphatic rings. The molecule has 1 amide bonds. The highest BCUT2D eigenvalue weighted by atomic mass is 16.7. The van der Waals surface area contributed by atoms with Crippen molar-refractivity contribution >= 4 is 11.6 Å². The number of methoxy groups -OCH3 is 1. The zero-order valence-corrected chi connectivity index (χ0v) is 37.7. The Hall–Kier alpha value is -5.49. The largest absolute Gasteiger partial charge is 0.497 e. The van der Waals surface area contributed by atoms with Crippen molar-refractivity contribution in [2.75, 3.05) is 33.5 Å². The van der Waals surface area contributed by atoms with Gasteiger partial charge in [-0.05, 0) is 110 Å². The van der Waals surface area contributed by atoms with Crippen LogP contribution < -0.4 is 14.2 Å². The third-order valence-electron chi connectivity index (χ3n) is 12.9. The molecular weight excluding hydrogens is 807 g/mol. The first-order valence-corrected chi connectivity index (χ1v) is 23.0. The summed E-state index contributed by atoms with van der Waals surface area (Å²) in [4.78, 5) is 27.9. The number of fused-ring (bicyclic) bond motifs is 2. The molecule has 0 saturated heterocycles. The van der Waals surface area contributed by atoms with Crippen molar-refractivity contribution in [2.45, 2.75) is 103 Å². The Labute approximate surface area is 378 Å². The highest BCUT2D eigenvalue weighted by Gasteiger charge is 2.65. The number of ether oxygens (including phenoxy) is 4. The van der Waals surface area contributed by atoms with E-state index in [9.17, 15) is 15.0 Å². The van der Waals surface area contributed by atoms with Gasteiger partial charge in [-0.3, -0.25) is 9.78 Å². The van der Waals surface area contributed by atoms with E-state index in [4.69, 9.17) is 28.9 Å². The van der Waals surface area contributed by atoms with Crippen LogP contribution in [0.15, 0.2) is 120 Å². The molecule has 2 N–H and O–H groups in total. The Bertz CT molecular complexity index is 2230. The van der Waals surface area contributed by atoms with Crippen LogP contribution in [0.4, 0.5) is 0 Å². The molecule has 6 atom stereocenters. The summed E-state index contributed by atoms with van der Waals surface area (Å²) in [5, 5.41) is 25.0. The van der Waals surface area contributed by atoms with E-state index in [1.54, 1.807) is 13.2 Å². The predicted octanol–water partition coefficient (Wildman–Crippen LogP) is 9.29. The van der Waals surface area contributed by atoms with Crippen LogP contribution in [0, 0.1) is 24.7 Å². The van der Waals surface area contributed by atoms with Crippen LogP contribution in [0.1, 0.15) is 92.3 Å². The summed E-state index contributed by atoms with van der Waals surface area (Å²) < 4.78 is 26.6.